The molecule has 1 aromatic rings. The van der Waals surface area contributed by atoms with Crippen molar-refractivity contribution in [2.45, 2.75) is 46.1 Å². The van der Waals surface area contributed by atoms with Crippen LogP contribution in [0.3, 0.4) is 0 Å². The Labute approximate surface area is 153 Å². The second-order valence-electron chi connectivity index (χ2n) is 7.39. The van der Waals surface area contributed by atoms with E-state index in [1.165, 1.54) is 0 Å². The van der Waals surface area contributed by atoms with Crippen molar-refractivity contribution in [1.29, 1.82) is 0 Å². The molecule has 0 unspecified atom stereocenters. The summed E-state index contributed by atoms with van der Waals surface area (Å²) in [7, 11) is 0. The molecule has 1 aliphatic rings. The van der Waals surface area contributed by atoms with Crippen LogP contribution >= 0.6 is 11.6 Å². The summed E-state index contributed by atoms with van der Waals surface area (Å²) in [4.78, 5) is 30.3. The maximum atomic E-state index is 12.6. The Morgan fingerprint density at radius 2 is 1.96 bits per heavy atom. The van der Waals surface area contributed by atoms with E-state index in [1.54, 1.807) is 19.1 Å². The van der Waals surface area contributed by atoms with E-state index < -0.39 is 11.7 Å². The maximum Gasteiger partial charge on any atom is 0.407 e. The summed E-state index contributed by atoms with van der Waals surface area (Å²) in [5.74, 6) is 0.334. The first-order chi connectivity index (χ1) is 11.7. The number of ether oxygens (including phenoxy) is 1. The van der Waals surface area contributed by atoms with Gasteiger partial charge in [0.1, 0.15) is 10.8 Å². The predicted molar refractivity (Wildman–Crippen MR) is 96.8 cm³/mol. The van der Waals surface area contributed by atoms with E-state index in [-0.39, 0.29) is 5.91 Å². The molecule has 0 atom stereocenters. The van der Waals surface area contributed by atoms with Gasteiger partial charge in [0, 0.05) is 19.6 Å². The highest BCUT2D eigenvalue weighted by atomic mass is 35.5. The fourth-order valence-corrected chi connectivity index (χ4v) is 3.00. The van der Waals surface area contributed by atoms with Crippen molar-refractivity contribution < 1.29 is 14.3 Å². The third-order valence-corrected chi connectivity index (χ3v) is 4.33. The van der Waals surface area contributed by atoms with Crippen molar-refractivity contribution in [2.24, 2.45) is 5.92 Å². The molecule has 0 aliphatic carbocycles. The molecule has 1 aliphatic heterocycles. The van der Waals surface area contributed by atoms with Crippen molar-refractivity contribution in [3.05, 3.63) is 28.5 Å². The molecular weight excluding hydrogens is 342 g/mol. The summed E-state index contributed by atoms with van der Waals surface area (Å²) in [6, 6.07) is 3.36. The van der Waals surface area contributed by atoms with Crippen molar-refractivity contribution in [3.8, 4) is 0 Å². The summed E-state index contributed by atoms with van der Waals surface area (Å²) in [5, 5.41) is 3.20. The average Bonchev–Trinajstić information content (AvgIpc) is 2.51. The van der Waals surface area contributed by atoms with Gasteiger partial charge in [-0.1, -0.05) is 11.6 Å². The van der Waals surface area contributed by atoms with E-state index in [0.29, 0.717) is 42.0 Å². The second kappa shape index (κ2) is 8.04. The van der Waals surface area contributed by atoms with Crippen molar-refractivity contribution >= 4 is 23.6 Å². The van der Waals surface area contributed by atoms with E-state index in [2.05, 4.69) is 10.3 Å². The number of piperidine rings is 1. The van der Waals surface area contributed by atoms with Gasteiger partial charge in [-0.05, 0) is 58.6 Å². The van der Waals surface area contributed by atoms with Gasteiger partial charge in [0.25, 0.3) is 5.91 Å². The van der Waals surface area contributed by atoms with E-state index >= 15 is 0 Å². The number of likely N-dealkylation sites (tertiary alicyclic amines) is 1. The number of halogens is 1. The molecule has 1 aromatic heterocycles. The number of pyridine rings is 1. The van der Waals surface area contributed by atoms with E-state index in [9.17, 15) is 9.59 Å². The third kappa shape index (κ3) is 5.88. The molecule has 138 valence electrons. The van der Waals surface area contributed by atoms with Crippen LogP contribution in [0.25, 0.3) is 0 Å². The Hall–Kier alpha value is -1.82. The quantitative estimate of drug-likeness (QED) is 0.831. The average molecular weight is 368 g/mol. The minimum absolute atomic E-state index is 0.0137. The minimum atomic E-state index is -0.496. The number of amides is 2. The van der Waals surface area contributed by atoms with Gasteiger partial charge >= 0.3 is 6.09 Å². The molecule has 6 nitrogen and oxygen atoms in total. The molecule has 2 amide bonds. The first-order valence-electron chi connectivity index (χ1n) is 8.55. The number of hydrogen-bond acceptors (Lipinski definition) is 4. The van der Waals surface area contributed by atoms with Crippen LogP contribution in [0.15, 0.2) is 12.1 Å². The number of hydrogen-bond donors (Lipinski definition) is 1. The number of alkyl carbamates (subject to hydrolysis) is 1. The number of carbonyl (C=O) groups is 2. The van der Waals surface area contributed by atoms with Crippen LogP contribution in [0, 0.1) is 12.8 Å². The first kappa shape index (κ1) is 19.5. The molecule has 2 rings (SSSR count). The lowest BCUT2D eigenvalue weighted by molar-refractivity contribution is 0.0500. The summed E-state index contributed by atoms with van der Waals surface area (Å²) in [6.07, 6.45) is 1.30. The van der Waals surface area contributed by atoms with Gasteiger partial charge in [0.2, 0.25) is 0 Å². The number of nitrogens with zero attached hydrogens (tertiary/aromatic N) is 2. The van der Waals surface area contributed by atoms with Crippen LogP contribution in [0.2, 0.25) is 5.15 Å². The molecule has 25 heavy (non-hydrogen) atoms. The zero-order valence-corrected chi connectivity index (χ0v) is 16.0. The van der Waals surface area contributed by atoms with E-state index in [0.717, 1.165) is 12.8 Å². The molecule has 1 N–H and O–H groups in total. The lowest BCUT2D eigenvalue weighted by atomic mass is 9.96. The van der Waals surface area contributed by atoms with E-state index in [4.69, 9.17) is 16.3 Å². The topological polar surface area (TPSA) is 71.5 Å². The maximum absolute atomic E-state index is 12.6. The monoisotopic (exact) mass is 367 g/mol. The molecule has 0 bridgehead atoms. The number of aryl methyl sites for hydroxylation is 1. The molecule has 2 heterocycles. The van der Waals surface area contributed by atoms with Gasteiger partial charge in [-0.2, -0.15) is 0 Å². The summed E-state index contributed by atoms with van der Waals surface area (Å²) in [5.41, 5.74) is 0.741. The molecule has 1 saturated heterocycles. The highest BCUT2D eigenvalue weighted by Crippen LogP contribution is 2.20. The van der Waals surface area contributed by atoms with Crippen molar-refractivity contribution in [3.63, 3.8) is 0 Å². The lowest BCUT2D eigenvalue weighted by Crippen LogP contribution is -2.42. The number of rotatable bonds is 3. The number of aromatic nitrogens is 1. The smallest absolute Gasteiger partial charge is 0.407 e. The van der Waals surface area contributed by atoms with Gasteiger partial charge in [-0.15, -0.1) is 0 Å². The third-order valence-electron chi connectivity index (χ3n) is 4.12. The summed E-state index contributed by atoms with van der Waals surface area (Å²) >= 11 is 5.85. The molecule has 0 spiro atoms. The Morgan fingerprint density at radius 1 is 1.32 bits per heavy atom. The molecule has 7 heteroatoms. The zero-order chi connectivity index (χ0) is 18.6. The van der Waals surface area contributed by atoms with Gasteiger partial charge < -0.3 is 15.0 Å². The normalized spacial score (nSPS) is 15.8. The van der Waals surface area contributed by atoms with Gasteiger partial charge in [0.15, 0.2) is 0 Å². The van der Waals surface area contributed by atoms with E-state index in [1.807, 2.05) is 25.7 Å². The lowest BCUT2D eigenvalue weighted by Gasteiger charge is -2.32. The zero-order valence-electron chi connectivity index (χ0n) is 15.3. The molecule has 0 radical (unpaired) electrons. The van der Waals surface area contributed by atoms with Crippen LogP contribution < -0.4 is 5.32 Å². The molecule has 0 saturated carbocycles. The van der Waals surface area contributed by atoms with Crippen LogP contribution in [0.5, 0.6) is 0 Å². The highest BCUT2D eigenvalue weighted by Gasteiger charge is 2.25. The predicted octanol–water partition coefficient (Wildman–Crippen LogP) is 3.42. The van der Waals surface area contributed by atoms with Crippen LogP contribution in [-0.4, -0.2) is 47.1 Å². The first-order valence-corrected chi connectivity index (χ1v) is 8.93. The van der Waals surface area contributed by atoms with Crippen LogP contribution in [-0.2, 0) is 4.74 Å². The standard InChI is InChI=1S/C18H26ClN3O3/c1-12-14(5-6-15(19)21-12)16(23)22-9-7-13(8-10-22)11-20-17(24)25-18(2,3)4/h5-6,13H,7-11H2,1-4H3,(H,20,24). The van der Waals surface area contributed by atoms with Gasteiger partial charge in [-0.3, -0.25) is 4.79 Å². The highest BCUT2D eigenvalue weighted by molar-refractivity contribution is 6.29. The van der Waals surface area contributed by atoms with Crippen LogP contribution in [0.1, 0.15) is 49.7 Å². The Bertz CT molecular complexity index is 635. The summed E-state index contributed by atoms with van der Waals surface area (Å²) < 4.78 is 5.24. The van der Waals surface area contributed by atoms with Gasteiger partial charge in [-0.25, -0.2) is 9.78 Å². The Morgan fingerprint density at radius 3 is 2.52 bits per heavy atom. The fraction of sp³-hybridized carbons (Fsp3) is 0.611. The Balaban J connectivity index is 1.81. The van der Waals surface area contributed by atoms with Crippen LogP contribution in [0.4, 0.5) is 4.79 Å². The SMILES string of the molecule is Cc1nc(Cl)ccc1C(=O)N1CCC(CNC(=O)OC(C)(C)C)CC1. The summed E-state index contributed by atoms with van der Waals surface area (Å²) in [6.45, 7) is 9.21. The number of nitrogens with one attached hydrogen (secondary N) is 1. The molecule has 0 aromatic carbocycles. The van der Waals surface area contributed by atoms with Crippen molar-refractivity contribution in [2.75, 3.05) is 19.6 Å². The minimum Gasteiger partial charge on any atom is -0.444 e. The number of carbonyl (C=O) groups excluding carboxylic acids is 2. The van der Waals surface area contributed by atoms with Gasteiger partial charge in [0.05, 0.1) is 11.3 Å². The molecular formula is C18H26ClN3O3. The molecule has 1 fully saturated rings. The van der Waals surface area contributed by atoms with Crippen molar-refractivity contribution in [1.82, 2.24) is 15.2 Å². The Kier molecular flexibility index (Phi) is 6.27. The largest absolute Gasteiger partial charge is 0.444 e. The second-order valence-corrected chi connectivity index (χ2v) is 7.77. The fourth-order valence-electron chi connectivity index (χ4n) is 2.81.